The largest absolute Gasteiger partial charge is 0.469 e. The molecule has 2 aromatic rings. The molecular formula is C19H21NO8. The second kappa shape index (κ2) is 10.2. The molecule has 0 aliphatic carbocycles. The molecule has 2 rings (SSSR count). The van der Waals surface area contributed by atoms with Crippen LogP contribution >= 0.6 is 0 Å². The number of hydrogen-bond donors (Lipinski definition) is 0. The molecule has 0 N–H and O–H groups in total. The third-order valence-corrected chi connectivity index (χ3v) is 3.74. The van der Waals surface area contributed by atoms with Crippen LogP contribution < -0.4 is 9.47 Å². The number of methoxy groups -OCH3 is 3. The number of hydrogen-bond acceptors (Lipinski definition) is 8. The van der Waals surface area contributed by atoms with E-state index < -0.39 is 10.9 Å². The average molecular weight is 391 g/mol. The Hall–Kier alpha value is -3.17. The van der Waals surface area contributed by atoms with Gasteiger partial charge in [0.05, 0.1) is 18.5 Å². The topological polar surface area (TPSA) is 106 Å². The van der Waals surface area contributed by atoms with Crippen LogP contribution in [0.3, 0.4) is 0 Å². The van der Waals surface area contributed by atoms with E-state index in [0.717, 1.165) is 0 Å². The van der Waals surface area contributed by atoms with Crippen molar-refractivity contribution in [2.75, 3.05) is 34.9 Å². The first kappa shape index (κ1) is 21.1. The first-order chi connectivity index (χ1) is 13.5. The van der Waals surface area contributed by atoms with Crippen LogP contribution in [0.1, 0.15) is 5.56 Å². The highest BCUT2D eigenvalue weighted by Gasteiger charge is 2.20. The first-order valence-corrected chi connectivity index (χ1v) is 8.22. The number of ether oxygens (including phenoxy) is 5. The quantitative estimate of drug-likeness (QED) is 0.263. The molecule has 0 saturated carbocycles. The Balaban J connectivity index is 2.64. The minimum atomic E-state index is -0.491. The SMILES string of the molecule is COCOc1cc(CC(=O)OC)c(-c2cccc([N+](=O)[O-])c2)c(OCOC)c1. The van der Waals surface area contributed by atoms with Crippen molar-refractivity contribution in [3.05, 3.63) is 52.1 Å². The normalized spacial score (nSPS) is 10.4. The number of benzene rings is 2. The molecule has 0 spiro atoms. The third kappa shape index (κ3) is 5.41. The summed E-state index contributed by atoms with van der Waals surface area (Å²) in [5.41, 5.74) is 1.46. The van der Waals surface area contributed by atoms with E-state index in [1.54, 1.807) is 24.3 Å². The summed E-state index contributed by atoms with van der Waals surface area (Å²) in [6, 6.07) is 9.29. The van der Waals surface area contributed by atoms with E-state index in [0.29, 0.717) is 28.2 Å². The summed E-state index contributed by atoms with van der Waals surface area (Å²) in [5, 5.41) is 11.2. The van der Waals surface area contributed by atoms with Gasteiger partial charge in [-0.1, -0.05) is 12.1 Å². The van der Waals surface area contributed by atoms with Crippen molar-refractivity contribution < 1.29 is 33.4 Å². The number of rotatable bonds is 10. The molecule has 0 heterocycles. The maximum Gasteiger partial charge on any atom is 0.310 e. The zero-order chi connectivity index (χ0) is 20.5. The number of esters is 1. The summed E-state index contributed by atoms with van der Waals surface area (Å²) >= 11 is 0. The summed E-state index contributed by atoms with van der Waals surface area (Å²) in [6.07, 6.45) is -0.0813. The predicted octanol–water partition coefficient (Wildman–Crippen LogP) is 2.94. The fourth-order valence-electron chi connectivity index (χ4n) is 2.56. The molecule has 0 bridgehead atoms. The number of nitro benzene ring substituents is 1. The maximum atomic E-state index is 11.9. The average Bonchev–Trinajstić information content (AvgIpc) is 2.70. The van der Waals surface area contributed by atoms with E-state index in [1.807, 2.05) is 0 Å². The third-order valence-electron chi connectivity index (χ3n) is 3.74. The van der Waals surface area contributed by atoms with Gasteiger partial charge in [0.25, 0.3) is 5.69 Å². The maximum absolute atomic E-state index is 11.9. The monoisotopic (exact) mass is 391 g/mol. The smallest absolute Gasteiger partial charge is 0.310 e. The van der Waals surface area contributed by atoms with Crippen molar-refractivity contribution >= 4 is 11.7 Å². The molecule has 0 unspecified atom stereocenters. The fourth-order valence-corrected chi connectivity index (χ4v) is 2.56. The van der Waals surface area contributed by atoms with E-state index >= 15 is 0 Å². The van der Waals surface area contributed by atoms with Gasteiger partial charge in [-0.3, -0.25) is 14.9 Å². The lowest BCUT2D eigenvalue weighted by atomic mass is 9.95. The van der Waals surface area contributed by atoms with E-state index in [-0.39, 0.29) is 25.7 Å². The van der Waals surface area contributed by atoms with Gasteiger partial charge < -0.3 is 23.7 Å². The molecular weight excluding hydrogens is 370 g/mol. The van der Waals surface area contributed by atoms with Gasteiger partial charge in [0.15, 0.2) is 13.6 Å². The minimum absolute atomic E-state index is 0.00244. The van der Waals surface area contributed by atoms with Gasteiger partial charge in [-0.25, -0.2) is 0 Å². The van der Waals surface area contributed by atoms with Crippen molar-refractivity contribution in [1.29, 1.82) is 0 Å². The number of carbonyl (C=O) groups is 1. The molecule has 0 aromatic heterocycles. The van der Waals surface area contributed by atoms with E-state index in [1.165, 1.54) is 33.5 Å². The van der Waals surface area contributed by atoms with Gasteiger partial charge in [-0.2, -0.15) is 0 Å². The van der Waals surface area contributed by atoms with Crippen LogP contribution in [0, 0.1) is 10.1 Å². The Morgan fingerprint density at radius 1 is 1.04 bits per heavy atom. The molecule has 0 amide bonds. The zero-order valence-electron chi connectivity index (χ0n) is 15.8. The summed E-state index contributed by atoms with van der Waals surface area (Å²) in [5.74, 6) is 0.268. The second-order valence-electron chi connectivity index (χ2n) is 5.62. The van der Waals surface area contributed by atoms with Gasteiger partial charge in [0.2, 0.25) is 0 Å². The zero-order valence-corrected chi connectivity index (χ0v) is 15.8. The number of nitro groups is 1. The van der Waals surface area contributed by atoms with Crippen molar-refractivity contribution in [2.24, 2.45) is 0 Å². The van der Waals surface area contributed by atoms with Gasteiger partial charge in [-0.15, -0.1) is 0 Å². The lowest BCUT2D eigenvalue weighted by Crippen LogP contribution is -2.09. The van der Waals surface area contributed by atoms with Crippen molar-refractivity contribution in [3.8, 4) is 22.6 Å². The van der Waals surface area contributed by atoms with Gasteiger partial charge in [-0.05, 0) is 17.2 Å². The Morgan fingerprint density at radius 3 is 2.39 bits per heavy atom. The highest BCUT2D eigenvalue weighted by molar-refractivity contribution is 5.82. The Bertz CT molecular complexity index is 837. The van der Waals surface area contributed by atoms with Crippen LogP contribution in [0.25, 0.3) is 11.1 Å². The van der Waals surface area contributed by atoms with Gasteiger partial charge in [0.1, 0.15) is 11.5 Å². The molecule has 0 radical (unpaired) electrons. The highest BCUT2D eigenvalue weighted by atomic mass is 16.7. The second-order valence-corrected chi connectivity index (χ2v) is 5.62. The predicted molar refractivity (Wildman–Crippen MR) is 99.3 cm³/mol. The van der Waals surface area contributed by atoms with Crippen molar-refractivity contribution in [3.63, 3.8) is 0 Å². The van der Waals surface area contributed by atoms with E-state index in [9.17, 15) is 14.9 Å². The summed E-state index contributed by atoms with van der Waals surface area (Å²) in [6.45, 7) is -0.0646. The molecule has 0 atom stereocenters. The van der Waals surface area contributed by atoms with Crippen LogP contribution in [-0.4, -0.2) is 45.8 Å². The number of non-ortho nitro benzene ring substituents is 1. The first-order valence-electron chi connectivity index (χ1n) is 8.22. The van der Waals surface area contributed by atoms with Crippen LogP contribution in [0.5, 0.6) is 11.5 Å². The Morgan fingerprint density at radius 2 is 1.75 bits per heavy atom. The molecule has 150 valence electrons. The molecule has 0 aliphatic rings. The van der Waals surface area contributed by atoms with Crippen LogP contribution in [0.2, 0.25) is 0 Å². The molecule has 9 heteroatoms. The summed E-state index contributed by atoms with van der Waals surface area (Å²) in [4.78, 5) is 22.6. The van der Waals surface area contributed by atoms with Crippen molar-refractivity contribution in [2.45, 2.75) is 6.42 Å². The minimum Gasteiger partial charge on any atom is -0.469 e. The van der Waals surface area contributed by atoms with Crippen LogP contribution in [-0.2, 0) is 25.4 Å². The van der Waals surface area contributed by atoms with Crippen molar-refractivity contribution in [1.82, 2.24) is 0 Å². The number of nitrogens with zero attached hydrogens (tertiary/aromatic N) is 1. The fraction of sp³-hybridized carbons (Fsp3) is 0.316. The molecule has 28 heavy (non-hydrogen) atoms. The molecule has 0 fully saturated rings. The standard InChI is InChI=1S/C19H21NO8/c1-24-11-27-16-8-14(9-18(21)26-3)19(17(10-16)28-12-25-2)13-5-4-6-15(7-13)20(22)23/h4-8,10H,9,11-12H2,1-3H3. The van der Waals surface area contributed by atoms with Gasteiger partial charge in [0, 0.05) is 38.0 Å². The summed E-state index contributed by atoms with van der Waals surface area (Å²) in [7, 11) is 4.23. The molecule has 0 saturated heterocycles. The van der Waals surface area contributed by atoms with Gasteiger partial charge >= 0.3 is 5.97 Å². The van der Waals surface area contributed by atoms with Crippen LogP contribution in [0.15, 0.2) is 36.4 Å². The van der Waals surface area contributed by atoms with Crippen LogP contribution in [0.4, 0.5) is 5.69 Å². The number of carbonyl (C=O) groups excluding carboxylic acids is 1. The molecule has 9 nitrogen and oxygen atoms in total. The van der Waals surface area contributed by atoms with E-state index in [2.05, 4.69) is 0 Å². The lowest BCUT2D eigenvalue weighted by molar-refractivity contribution is -0.384. The van der Waals surface area contributed by atoms with E-state index in [4.69, 9.17) is 23.7 Å². The molecule has 2 aromatic carbocycles. The lowest BCUT2D eigenvalue weighted by Gasteiger charge is -2.17. The Labute approximate surface area is 161 Å². The Kier molecular flexibility index (Phi) is 7.73. The summed E-state index contributed by atoms with van der Waals surface area (Å²) < 4.78 is 25.8. The highest BCUT2D eigenvalue weighted by Crippen LogP contribution is 2.39. The molecule has 0 aliphatic heterocycles.